The van der Waals surface area contributed by atoms with Gasteiger partial charge in [0, 0.05) is 11.9 Å². The molecule has 1 N–H and O–H groups in total. The third kappa shape index (κ3) is 1.92. The number of carbonyl (C=O) groups excluding carboxylic acids is 1. The van der Waals surface area contributed by atoms with Crippen LogP contribution in [0.3, 0.4) is 0 Å². The largest absolute Gasteiger partial charge is 0.494 e. The summed E-state index contributed by atoms with van der Waals surface area (Å²) in [5, 5.41) is 10.2. The van der Waals surface area contributed by atoms with Crippen LogP contribution in [-0.2, 0) is 0 Å². The minimum absolute atomic E-state index is 0.246. The molecule has 2 heterocycles. The summed E-state index contributed by atoms with van der Waals surface area (Å²) in [6, 6.07) is 10.4. The van der Waals surface area contributed by atoms with Gasteiger partial charge >= 0.3 is 0 Å². The molecule has 0 radical (unpaired) electrons. The van der Waals surface area contributed by atoms with E-state index in [2.05, 4.69) is 4.98 Å². The lowest BCUT2D eigenvalue weighted by molar-refractivity contribution is 0.0933. The summed E-state index contributed by atoms with van der Waals surface area (Å²) in [5.41, 5.74) is 1.45. The van der Waals surface area contributed by atoms with Gasteiger partial charge in [-0.2, -0.15) is 0 Å². The number of pyridine rings is 1. The molecule has 1 amide bonds. The van der Waals surface area contributed by atoms with Crippen LogP contribution >= 0.6 is 0 Å². The van der Waals surface area contributed by atoms with E-state index in [0.29, 0.717) is 23.6 Å². The highest BCUT2D eigenvalue weighted by molar-refractivity contribution is 6.10. The van der Waals surface area contributed by atoms with E-state index in [4.69, 9.17) is 4.74 Å². The Hall–Kier alpha value is -2.40. The van der Waals surface area contributed by atoms with Gasteiger partial charge in [-0.3, -0.25) is 14.7 Å². The number of hydrogen-bond acceptors (Lipinski definition) is 4. The minimum Gasteiger partial charge on any atom is -0.494 e. The topological polar surface area (TPSA) is 62.7 Å². The second kappa shape index (κ2) is 4.94. The number of nitrogens with zero attached hydrogens (tertiary/aromatic N) is 2. The maximum Gasteiger partial charge on any atom is 0.262 e. The molecule has 1 atom stereocenters. The molecule has 0 saturated heterocycles. The van der Waals surface area contributed by atoms with Crippen molar-refractivity contribution in [1.82, 2.24) is 4.98 Å². The van der Waals surface area contributed by atoms with Gasteiger partial charge in [0.05, 0.1) is 12.2 Å². The molecular weight excluding hydrogens is 256 g/mol. The zero-order valence-corrected chi connectivity index (χ0v) is 11.0. The van der Waals surface area contributed by atoms with E-state index in [1.165, 1.54) is 4.90 Å². The predicted molar refractivity (Wildman–Crippen MR) is 73.6 cm³/mol. The average molecular weight is 270 g/mol. The summed E-state index contributed by atoms with van der Waals surface area (Å²) >= 11 is 0. The van der Waals surface area contributed by atoms with Crippen molar-refractivity contribution in [2.24, 2.45) is 0 Å². The first-order valence-electron chi connectivity index (χ1n) is 6.41. The second-order valence-corrected chi connectivity index (χ2v) is 4.41. The molecule has 0 aliphatic carbocycles. The van der Waals surface area contributed by atoms with Gasteiger partial charge in [-0.25, -0.2) is 0 Å². The smallest absolute Gasteiger partial charge is 0.262 e. The molecule has 1 aliphatic heterocycles. The average Bonchev–Trinajstić information content (AvgIpc) is 2.73. The van der Waals surface area contributed by atoms with Crippen LogP contribution in [0.2, 0.25) is 0 Å². The molecule has 0 saturated carbocycles. The Kier molecular flexibility index (Phi) is 3.12. The van der Waals surface area contributed by atoms with Gasteiger partial charge in [-0.1, -0.05) is 0 Å². The van der Waals surface area contributed by atoms with Crippen molar-refractivity contribution >= 4 is 11.6 Å². The fourth-order valence-electron chi connectivity index (χ4n) is 2.30. The number of aliphatic hydroxyl groups excluding tert-OH is 1. The van der Waals surface area contributed by atoms with E-state index < -0.39 is 6.23 Å². The van der Waals surface area contributed by atoms with E-state index in [0.717, 1.165) is 5.75 Å². The molecule has 0 unspecified atom stereocenters. The first-order valence-corrected chi connectivity index (χ1v) is 6.41. The van der Waals surface area contributed by atoms with Gasteiger partial charge in [-0.15, -0.1) is 0 Å². The van der Waals surface area contributed by atoms with Gasteiger partial charge in [0.2, 0.25) is 0 Å². The molecule has 1 aromatic heterocycles. The molecule has 3 rings (SSSR count). The van der Waals surface area contributed by atoms with Gasteiger partial charge in [-0.05, 0) is 43.3 Å². The highest BCUT2D eigenvalue weighted by Crippen LogP contribution is 2.34. The molecule has 1 aromatic carbocycles. The van der Waals surface area contributed by atoms with Crippen LogP contribution in [0.4, 0.5) is 5.69 Å². The molecule has 20 heavy (non-hydrogen) atoms. The monoisotopic (exact) mass is 270 g/mol. The minimum atomic E-state index is -1.04. The normalized spacial score (nSPS) is 17.2. The zero-order valence-electron chi connectivity index (χ0n) is 11.0. The van der Waals surface area contributed by atoms with Crippen LogP contribution in [0.25, 0.3) is 0 Å². The number of ether oxygens (including phenoxy) is 1. The van der Waals surface area contributed by atoms with Crippen LogP contribution in [0.1, 0.15) is 29.2 Å². The fourth-order valence-corrected chi connectivity index (χ4v) is 2.30. The first kappa shape index (κ1) is 12.6. The summed E-state index contributed by atoms with van der Waals surface area (Å²) in [6.07, 6.45) is 0.522. The molecule has 5 heteroatoms. The Labute approximate surface area is 116 Å². The van der Waals surface area contributed by atoms with Crippen molar-refractivity contribution in [3.8, 4) is 5.75 Å². The summed E-state index contributed by atoms with van der Waals surface area (Å²) in [5.74, 6) is 0.484. The van der Waals surface area contributed by atoms with E-state index >= 15 is 0 Å². The number of hydrogen-bond donors (Lipinski definition) is 1. The number of carbonyl (C=O) groups is 1. The number of benzene rings is 1. The third-order valence-electron chi connectivity index (χ3n) is 3.20. The molecule has 1 aliphatic rings. The van der Waals surface area contributed by atoms with Gasteiger partial charge in [0.15, 0.2) is 6.23 Å². The van der Waals surface area contributed by atoms with Crippen molar-refractivity contribution < 1.29 is 14.6 Å². The van der Waals surface area contributed by atoms with Gasteiger partial charge in [0.25, 0.3) is 5.91 Å². The van der Waals surface area contributed by atoms with Gasteiger partial charge in [0.1, 0.15) is 11.4 Å². The molecule has 0 spiro atoms. The Morgan fingerprint density at radius 3 is 2.70 bits per heavy atom. The molecule has 0 fully saturated rings. The highest BCUT2D eigenvalue weighted by Gasteiger charge is 2.37. The van der Waals surface area contributed by atoms with Crippen molar-refractivity contribution in [2.75, 3.05) is 11.5 Å². The van der Waals surface area contributed by atoms with E-state index in [1.807, 2.05) is 6.92 Å². The molecule has 5 nitrogen and oxygen atoms in total. The van der Waals surface area contributed by atoms with E-state index in [9.17, 15) is 9.90 Å². The summed E-state index contributed by atoms with van der Waals surface area (Å²) in [4.78, 5) is 17.7. The number of fused-ring (bicyclic) bond motifs is 1. The highest BCUT2D eigenvalue weighted by atomic mass is 16.5. The summed E-state index contributed by atoms with van der Waals surface area (Å²) < 4.78 is 5.36. The Balaban J connectivity index is 1.94. The number of amides is 1. The van der Waals surface area contributed by atoms with E-state index in [-0.39, 0.29) is 5.91 Å². The quantitative estimate of drug-likeness (QED) is 0.928. The third-order valence-corrected chi connectivity index (χ3v) is 3.20. The van der Waals surface area contributed by atoms with Crippen molar-refractivity contribution in [3.05, 3.63) is 53.9 Å². The maximum absolute atomic E-state index is 12.3. The Morgan fingerprint density at radius 2 is 2.05 bits per heavy atom. The van der Waals surface area contributed by atoms with Crippen LogP contribution in [0.5, 0.6) is 5.75 Å². The lowest BCUT2D eigenvalue weighted by Crippen LogP contribution is -2.27. The van der Waals surface area contributed by atoms with Crippen molar-refractivity contribution in [2.45, 2.75) is 13.2 Å². The lowest BCUT2D eigenvalue weighted by atomic mass is 10.2. The van der Waals surface area contributed by atoms with E-state index in [1.54, 1.807) is 42.6 Å². The zero-order chi connectivity index (χ0) is 14.1. The lowest BCUT2D eigenvalue weighted by Gasteiger charge is -2.20. The summed E-state index contributed by atoms with van der Waals surface area (Å²) in [6.45, 7) is 2.49. The summed E-state index contributed by atoms with van der Waals surface area (Å²) in [7, 11) is 0. The number of rotatable bonds is 3. The molecule has 102 valence electrons. The van der Waals surface area contributed by atoms with Crippen LogP contribution < -0.4 is 9.64 Å². The number of anilines is 1. The molecule has 0 bridgehead atoms. The number of aliphatic hydroxyl groups is 1. The Morgan fingerprint density at radius 1 is 1.30 bits per heavy atom. The molecule has 2 aromatic rings. The standard InChI is InChI=1S/C15H14N2O3/c1-2-20-11-7-5-10(6-8-11)17-14(18)12-4-3-9-16-13(12)15(17)19/h3-9,15,19H,2H2,1H3/t15-/m1/s1. The molecular formula is C15H14N2O3. The SMILES string of the molecule is CCOc1ccc(N2C(=O)c3cccnc3[C@H]2O)cc1. The predicted octanol–water partition coefficient (Wildman–Crippen LogP) is 2.13. The second-order valence-electron chi connectivity index (χ2n) is 4.41. The maximum atomic E-state index is 12.3. The Bertz CT molecular complexity index is 640. The van der Waals surface area contributed by atoms with Crippen molar-refractivity contribution in [3.63, 3.8) is 0 Å². The van der Waals surface area contributed by atoms with Crippen molar-refractivity contribution in [1.29, 1.82) is 0 Å². The van der Waals surface area contributed by atoms with Gasteiger partial charge < -0.3 is 9.84 Å². The van der Waals surface area contributed by atoms with Crippen LogP contribution in [0.15, 0.2) is 42.6 Å². The van der Waals surface area contributed by atoms with Crippen LogP contribution in [0, 0.1) is 0 Å². The first-order chi connectivity index (χ1) is 9.72. The fraction of sp³-hybridized carbons (Fsp3) is 0.200. The van der Waals surface area contributed by atoms with Crippen LogP contribution in [-0.4, -0.2) is 22.6 Å². The number of aromatic nitrogens is 1.